The Kier molecular flexibility index (Phi) is 5.31. The van der Waals surface area contributed by atoms with Crippen LogP contribution in [0.2, 0.25) is 0 Å². The van der Waals surface area contributed by atoms with Gasteiger partial charge in [-0.3, -0.25) is 0 Å². The summed E-state index contributed by atoms with van der Waals surface area (Å²) < 4.78 is 1.79. The molecule has 4 aliphatic rings. The van der Waals surface area contributed by atoms with Gasteiger partial charge in [0.1, 0.15) is 9.21 Å². The average Bonchev–Trinajstić information content (AvgIpc) is 3.28. The van der Waals surface area contributed by atoms with Gasteiger partial charge in [-0.25, -0.2) is 9.97 Å². The maximum absolute atomic E-state index is 4.78. The summed E-state index contributed by atoms with van der Waals surface area (Å²) in [5.41, 5.74) is 16.2. The summed E-state index contributed by atoms with van der Waals surface area (Å²) in [5.74, 6) is 0.735. The van der Waals surface area contributed by atoms with Gasteiger partial charge in [0, 0.05) is 11.8 Å². The third-order valence-corrected chi connectivity index (χ3v) is 8.75. The van der Waals surface area contributed by atoms with Crippen LogP contribution in [0.3, 0.4) is 0 Å². The van der Waals surface area contributed by atoms with Gasteiger partial charge in [0.25, 0.3) is 0 Å². The van der Waals surface area contributed by atoms with Crippen LogP contribution in [0.1, 0.15) is 74.9 Å². The number of hydrogen-bond acceptors (Lipinski definition) is 2. The Morgan fingerprint density at radius 1 is 0.647 bits per heavy atom. The normalized spacial score (nSPS) is 22.5. The predicted octanol–water partition coefficient (Wildman–Crippen LogP) is 9.00. The molecule has 0 amide bonds. The Labute approximate surface area is 218 Å². The van der Waals surface area contributed by atoms with E-state index in [0.717, 1.165) is 33.4 Å². The number of aromatic nitrogens is 2. The van der Waals surface area contributed by atoms with E-state index in [4.69, 9.17) is 9.97 Å². The Morgan fingerprint density at radius 3 is 1.47 bits per heavy atom. The van der Waals surface area contributed by atoms with E-state index in [-0.39, 0.29) is 0 Å². The molecule has 2 nitrogen and oxygen atoms in total. The molecular formula is C30H26Br2N2. The molecule has 0 N–H and O–H groups in total. The molecule has 2 heterocycles. The quantitative estimate of drug-likeness (QED) is 0.342. The molecule has 170 valence electrons. The van der Waals surface area contributed by atoms with E-state index in [1.807, 2.05) is 0 Å². The van der Waals surface area contributed by atoms with Gasteiger partial charge in [-0.05, 0) is 139 Å². The third-order valence-electron chi connectivity index (χ3n) is 7.87. The lowest BCUT2D eigenvalue weighted by Crippen LogP contribution is -2.10. The molecule has 4 aliphatic carbocycles. The average molecular weight is 574 g/mol. The maximum atomic E-state index is 4.78. The number of fused-ring (bicyclic) bond motifs is 4. The van der Waals surface area contributed by atoms with Crippen molar-refractivity contribution in [1.82, 2.24) is 9.97 Å². The second kappa shape index (κ2) is 8.13. The van der Waals surface area contributed by atoms with Crippen molar-refractivity contribution in [2.24, 2.45) is 0 Å². The molecule has 34 heavy (non-hydrogen) atoms. The number of pyridine rings is 2. The van der Waals surface area contributed by atoms with Crippen LogP contribution in [0.15, 0.2) is 90.2 Å². The molecule has 0 saturated heterocycles. The first-order chi connectivity index (χ1) is 16.3. The van der Waals surface area contributed by atoms with Gasteiger partial charge in [-0.15, -0.1) is 0 Å². The fourth-order valence-electron chi connectivity index (χ4n) is 6.03. The second-order valence-corrected chi connectivity index (χ2v) is 11.4. The minimum absolute atomic E-state index is 0.367. The first-order valence-electron chi connectivity index (χ1n) is 11.9. The molecule has 2 atom stereocenters. The van der Waals surface area contributed by atoms with Crippen molar-refractivity contribution in [1.29, 1.82) is 0 Å². The smallest absolute Gasteiger partial charge is 0.106 e. The highest BCUT2D eigenvalue weighted by Gasteiger charge is 2.32. The molecule has 2 unspecified atom stereocenters. The molecule has 0 fully saturated rings. The van der Waals surface area contributed by atoms with E-state index in [2.05, 4.69) is 108 Å². The van der Waals surface area contributed by atoms with Gasteiger partial charge in [-0.2, -0.15) is 0 Å². The van der Waals surface area contributed by atoms with Crippen LogP contribution in [0.4, 0.5) is 0 Å². The summed E-state index contributed by atoms with van der Waals surface area (Å²) in [7, 11) is 0. The number of nitrogens with zero attached hydrogens (tertiary/aromatic N) is 2. The van der Waals surface area contributed by atoms with Crippen LogP contribution in [-0.2, 0) is 0 Å². The number of hydrogen-bond donors (Lipinski definition) is 0. The van der Waals surface area contributed by atoms with Gasteiger partial charge < -0.3 is 0 Å². The van der Waals surface area contributed by atoms with Gasteiger partial charge in [-0.1, -0.05) is 38.1 Å². The first-order valence-corrected chi connectivity index (χ1v) is 13.5. The van der Waals surface area contributed by atoms with Gasteiger partial charge in [0.2, 0.25) is 0 Å². The fraction of sp³-hybridized carbons (Fsp3) is 0.267. The van der Waals surface area contributed by atoms with E-state index in [9.17, 15) is 0 Å². The van der Waals surface area contributed by atoms with E-state index < -0.39 is 0 Å². The summed E-state index contributed by atoms with van der Waals surface area (Å²) >= 11 is 7.10. The summed E-state index contributed by atoms with van der Waals surface area (Å²) in [6.07, 6.45) is 11.5. The lowest BCUT2D eigenvalue weighted by Gasteiger charge is -2.26. The Balaban J connectivity index is 1.31. The predicted molar refractivity (Wildman–Crippen MR) is 147 cm³/mol. The first kappa shape index (κ1) is 22.2. The highest BCUT2D eigenvalue weighted by molar-refractivity contribution is 9.10. The van der Waals surface area contributed by atoms with Gasteiger partial charge >= 0.3 is 0 Å². The number of rotatable bonds is 3. The van der Waals surface area contributed by atoms with Crippen LogP contribution in [0, 0.1) is 0 Å². The molecule has 0 bridgehead atoms. The lowest BCUT2D eigenvalue weighted by molar-refractivity contribution is 0.858. The Bertz CT molecular complexity index is 1350. The maximum Gasteiger partial charge on any atom is 0.106 e. The van der Waals surface area contributed by atoms with E-state index in [0.29, 0.717) is 11.8 Å². The summed E-state index contributed by atoms with van der Waals surface area (Å²) in [6, 6.07) is 8.52. The zero-order valence-electron chi connectivity index (χ0n) is 19.8. The zero-order valence-corrected chi connectivity index (χ0v) is 23.0. The molecule has 2 aromatic heterocycles. The van der Waals surface area contributed by atoms with Crippen molar-refractivity contribution in [3.63, 3.8) is 0 Å². The number of allylic oxidation sites excluding steroid dienone is 10. The monoisotopic (exact) mass is 572 g/mol. The highest BCUT2D eigenvalue weighted by Crippen LogP contribution is 2.50. The van der Waals surface area contributed by atoms with Gasteiger partial charge in [0.05, 0.1) is 11.4 Å². The fourth-order valence-corrected chi connectivity index (χ4v) is 6.68. The Hall–Kier alpha value is -2.30. The van der Waals surface area contributed by atoms with Crippen LogP contribution in [0.25, 0.3) is 12.2 Å². The van der Waals surface area contributed by atoms with E-state index >= 15 is 0 Å². The molecule has 0 saturated carbocycles. The van der Waals surface area contributed by atoms with Crippen LogP contribution >= 0.6 is 31.9 Å². The second-order valence-electron chi connectivity index (χ2n) is 9.80. The van der Waals surface area contributed by atoms with Crippen LogP contribution < -0.4 is 0 Å². The molecule has 0 aromatic carbocycles. The highest BCUT2D eigenvalue weighted by atomic mass is 79.9. The van der Waals surface area contributed by atoms with E-state index in [1.54, 1.807) is 0 Å². The van der Waals surface area contributed by atoms with Crippen molar-refractivity contribution >= 4 is 44.0 Å². The summed E-state index contributed by atoms with van der Waals surface area (Å²) in [4.78, 5) is 9.55. The van der Waals surface area contributed by atoms with Crippen LogP contribution in [0.5, 0.6) is 0 Å². The third kappa shape index (κ3) is 3.41. The SMILES string of the molecule is CC1=C(CCC2=C(C)C=C3C2=Cc2nc(Br)ccc2C3C)C2=Cc3nc(Br)ccc3C(C)C2=C1. The standard InChI is InChI=1S/C30H26Br2N2/c1-15-11-23-17(3)21-7-9-29(31)33-27(21)13-25(23)19(15)5-6-20-16(2)12-24-18(4)22-8-10-30(32)34-28(22)14-26(20)24/h7-14,17-18H,5-6H2,1-4H3. The van der Waals surface area contributed by atoms with Gasteiger partial charge in [0.15, 0.2) is 0 Å². The van der Waals surface area contributed by atoms with Crippen molar-refractivity contribution < 1.29 is 0 Å². The van der Waals surface area contributed by atoms with E-state index in [1.165, 1.54) is 55.7 Å². The van der Waals surface area contributed by atoms with Crippen molar-refractivity contribution in [3.05, 3.63) is 113 Å². The molecule has 4 heteroatoms. The molecule has 0 aliphatic heterocycles. The van der Waals surface area contributed by atoms with Crippen molar-refractivity contribution in [3.8, 4) is 0 Å². The molecule has 0 radical (unpaired) electrons. The molecular weight excluding hydrogens is 548 g/mol. The Morgan fingerprint density at radius 2 is 1.06 bits per heavy atom. The van der Waals surface area contributed by atoms with Crippen molar-refractivity contribution in [2.75, 3.05) is 0 Å². The zero-order chi connectivity index (χ0) is 23.7. The minimum Gasteiger partial charge on any atom is -0.241 e. The summed E-state index contributed by atoms with van der Waals surface area (Å²) in [5, 5.41) is 0. The molecule has 6 rings (SSSR count). The minimum atomic E-state index is 0.367. The number of halogens is 2. The lowest BCUT2D eigenvalue weighted by atomic mass is 9.79. The van der Waals surface area contributed by atoms with Crippen LogP contribution in [-0.4, -0.2) is 9.97 Å². The summed E-state index contributed by atoms with van der Waals surface area (Å²) in [6.45, 7) is 9.14. The van der Waals surface area contributed by atoms with Crippen molar-refractivity contribution in [2.45, 2.75) is 52.4 Å². The molecule has 0 spiro atoms. The topological polar surface area (TPSA) is 25.8 Å². The molecule has 2 aromatic rings. The largest absolute Gasteiger partial charge is 0.241 e.